The normalized spacial score (nSPS) is 12.6. The van der Waals surface area contributed by atoms with Crippen molar-refractivity contribution in [1.82, 2.24) is 0 Å². The Morgan fingerprint density at radius 2 is 1.86 bits per heavy atom. The van der Waals surface area contributed by atoms with Crippen molar-refractivity contribution in [1.29, 1.82) is 0 Å². The van der Waals surface area contributed by atoms with E-state index in [1.807, 2.05) is 24.3 Å². The van der Waals surface area contributed by atoms with Gasteiger partial charge in [0.2, 0.25) is 0 Å². The molecule has 0 saturated heterocycles. The summed E-state index contributed by atoms with van der Waals surface area (Å²) in [5.41, 5.74) is 0.554. The average Bonchev–Trinajstić information content (AvgIpc) is 2.56. The molecule has 0 heterocycles. The van der Waals surface area contributed by atoms with Crippen LogP contribution in [0, 0.1) is 0 Å². The summed E-state index contributed by atoms with van der Waals surface area (Å²) in [7, 11) is 0. The molecule has 1 unspecified atom stereocenters. The van der Waals surface area contributed by atoms with Gasteiger partial charge in [0, 0.05) is 0 Å². The predicted octanol–water partition coefficient (Wildman–Crippen LogP) is 4.49. The van der Waals surface area contributed by atoms with Gasteiger partial charge >= 0.3 is 5.97 Å². The van der Waals surface area contributed by atoms with Crippen LogP contribution in [0.1, 0.15) is 49.4 Å². The van der Waals surface area contributed by atoms with Crippen molar-refractivity contribution in [2.75, 3.05) is 0 Å². The van der Waals surface area contributed by atoms with Gasteiger partial charge in [0.1, 0.15) is 12.4 Å². The molecule has 0 radical (unpaired) electrons. The van der Waals surface area contributed by atoms with Crippen LogP contribution in [0.5, 0.6) is 0 Å². The number of hydrogen-bond acceptors (Lipinski definition) is 3. The van der Waals surface area contributed by atoms with Crippen molar-refractivity contribution in [2.45, 2.75) is 45.1 Å². The second-order valence-electron chi connectivity index (χ2n) is 5.07. The molecule has 3 nitrogen and oxygen atoms in total. The maximum absolute atomic E-state index is 12.1. The summed E-state index contributed by atoms with van der Waals surface area (Å²) in [5.74, 6) is -0.315. The molecule has 0 fully saturated rings. The second-order valence-corrected chi connectivity index (χ2v) is 5.07. The number of esters is 1. The fourth-order valence-corrected chi connectivity index (χ4v) is 2.04. The Bertz CT molecular complexity index is 489. The van der Waals surface area contributed by atoms with Crippen molar-refractivity contribution < 1.29 is 14.3 Å². The zero-order valence-corrected chi connectivity index (χ0v) is 13.1. The fraction of sp³-hybridized carbons (Fsp3) is 0.368. The highest BCUT2D eigenvalue weighted by atomic mass is 16.5. The Labute approximate surface area is 132 Å². The molecule has 0 N–H and O–H groups in total. The van der Waals surface area contributed by atoms with Gasteiger partial charge in [-0.3, -0.25) is 4.79 Å². The molecule has 0 bridgehead atoms. The first-order valence-corrected chi connectivity index (χ1v) is 7.82. The lowest BCUT2D eigenvalue weighted by Crippen LogP contribution is -2.16. The summed E-state index contributed by atoms with van der Waals surface area (Å²) in [5, 5.41) is 0. The molecular formula is C19H24O3. The summed E-state index contributed by atoms with van der Waals surface area (Å²) >= 11 is 0. The van der Waals surface area contributed by atoms with Crippen molar-refractivity contribution in [3.8, 4) is 0 Å². The number of carbonyl (C=O) groups is 2. The highest BCUT2D eigenvalue weighted by Gasteiger charge is 2.12. The number of ether oxygens (including phenoxy) is 1. The third-order valence-corrected chi connectivity index (χ3v) is 3.24. The van der Waals surface area contributed by atoms with Crippen LogP contribution in [-0.4, -0.2) is 18.4 Å². The Kier molecular flexibility index (Phi) is 9.35. The van der Waals surface area contributed by atoms with Crippen LogP contribution in [0.25, 0.3) is 0 Å². The molecule has 1 aromatic rings. The number of rotatable bonds is 10. The van der Waals surface area contributed by atoms with Crippen molar-refractivity contribution in [3.63, 3.8) is 0 Å². The Hall–Kier alpha value is -2.16. The Morgan fingerprint density at radius 3 is 2.55 bits per heavy atom. The van der Waals surface area contributed by atoms with Crippen molar-refractivity contribution >= 4 is 12.3 Å². The maximum Gasteiger partial charge on any atom is 0.338 e. The largest absolute Gasteiger partial charge is 0.455 e. The molecule has 22 heavy (non-hydrogen) atoms. The van der Waals surface area contributed by atoms with Crippen LogP contribution >= 0.6 is 0 Å². The van der Waals surface area contributed by atoms with Crippen LogP contribution in [0.2, 0.25) is 0 Å². The molecule has 0 aliphatic rings. The fourth-order valence-electron chi connectivity index (χ4n) is 2.04. The minimum absolute atomic E-state index is 0.263. The first-order chi connectivity index (χ1) is 10.8. The molecule has 1 atom stereocenters. The third kappa shape index (κ3) is 7.58. The van der Waals surface area contributed by atoms with E-state index >= 15 is 0 Å². The summed E-state index contributed by atoms with van der Waals surface area (Å²) in [4.78, 5) is 22.4. The van der Waals surface area contributed by atoms with Gasteiger partial charge in [-0.15, -0.1) is 0 Å². The van der Waals surface area contributed by atoms with Crippen LogP contribution in [-0.2, 0) is 9.53 Å². The second kappa shape index (κ2) is 11.5. The minimum atomic E-state index is -0.315. The van der Waals surface area contributed by atoms with Crippen molar-refractivity contribution in [2.24, 2.45) is 0 Å². The lowest BCUT2D eigenvalue weighted by molar-refractivity contribution is -0.104. The monoisotopic (exact) mass is 300 g/mol. The van der Waals surface area contributed by atoms with Gasteiger partial charge in [-0.05, 0) is 37.1 Å². The smallest absolute Gasteiger partial charge is 0.338 e. The van der Waals surface area contributed by atoms with E-state index in [1.54, 1.807) is 24.3 Å². The van der Waals surface area contributed by atoms with Crippen LogP contribution < -0.4 is 0 Å². The van der Waals surface area contributed by atoms with Crippen LogP contribution in [0.3, 0.4) is 0 Å². The van der Waals surface area contributed by atoms with Crippen LogP contribution in [0.15, 0.2) is 54.6 Å². The lowest BCUT2D eigenvalue weighted by atomic mass is 10.1. The molecule has 1 aromatic carbocycles. The zero-order valence-electron chi connectivity index (χ0n) is 13.1. The van der Waals surface area contributed by atoms with E-state index < -0.39 is 0 Å². The first kappa shape index (κ1) is 17.9. The van der Waals surface area contributed by atoms with Gasteiger partial charge in [0.15, 0.2) is 0 Å². The highest BCUT2D eigenvalue weighted by molar-refractivity contribution is 5.89. The number of carbonyl (C=O) groups excluding carboxylic acids is 2. The number of allylic oxidation sites excluding steroid dienone is 3. The molecule has 0 aliphatic carbocycles. The zero-order chi connectivity index (χ0) is 16.0. The van der Waals surface area contributed by atoms with E-state index in [2.05, 4.69) is 6.92 Å². The molecule has 0 saturated carbocycles. The van der Waals surface area contributed by atoms with E-state index in [4.69, 9.17) is 4.74 Å². The lowest BCUT2D eigenvalue weighted by Gasteiger charge is -2.14. The summed E-state index contributed by atoms with van der Waals surface area (Å²) in [6, 6.07) is 8.98. The summed E-state index contributed by atoms with van der Waals surface area (Å²) in [6.45, 7) is 2.16. The van der Waals surface area contributed by atoms with E-state index in [1.165, 1.54) is 18.9 Å². The highest BCUT2D eigenvalue weighted by Crippen LogP contribution is 2.12. The summed E-state index contributed by atoms with van der Waals surface area (Å²) < 4.78 is 5.55. The number of unbranched alkanes of at least 4 members (excludes halogenated alkanes) is 3. The van der Waals surface area contributed by atoms with E-state index in [9.17, 15) is 9.59 Å². The Balaban J connectivity index is 2.59. The quantitative estimate of drug-likeness (QED) is 0.210. The maximum atomic E-state index is 12.1. The number of hydrogen-bond donors (Lipinski definition) is 0. The molecule has 0 aliphatic heterocycles. The van der Waals surface area contributed by atoms with E-state index in [-0.39, 0.29) is 12.1 Å². The third-order valence-electron chi connectivity index (χ3n) is 3.24. The van der Waals surface area contributed by atoms with Crippen molar-refractivity contribution in [3.05, 3.63) is 60.2 Å². The van der Waals surface area contributed by atoms with Gasteiger partial charge in [0.25, 0.3) is 0 Å². The molecule has 1 rings (SSSR count). The first-order valence-electron chi connectivity index (χ1n) is 7.82. The number of benzene rings is 1. The minimum Gasteiger partial charge on any atom is -0.455 e. The van der Waals surface area contributed by atoms with Gasteiger partial charge in [0.05, 0.1) is 5.56 Å². The van der Waals surface area contributed by atoms with Gasteiger partial charge in [-0.25, -0.2) is 4.79 Å². The van der Waals surface area contributed by atoms with Gasteiger partial charge < -0.3 is 4.74 Å². The Morgan fingerprint density at radius 1 is 1.09 bits per heavy atom. The van der Waals surface area contributed by atoms with Crippen LogP contribution in [0.4, 0.5) is 0 Å². The summed E-state index contributed by atoms with van der Waals surface area (Å²) in [6.07, 6.45) is 12.4. The van der Waals surface area contributed by atoms with Gasteiger partial charge in [-0.2, -0.15) is 0 Å². The predicted molar refractivity (Wildman–Crippen MR) is 88.7 cm³/mol. The molecule has 0 amide bonds. The number of aldehydes is 1. The van der Waals surface area contributed by atoms with E-state index in [0.717, 1.165) is 25.5 Å². The van der Waals surface area contributed by atoms with Gasteiger partial charge in [-0.1, -0.05) is 56.5 Å². The average molecular weight is 300 g/mol. The molecular weight excluding hydrogens is 276 g/mol. The molecule has 0 aromatic heterocycles. The SMILES string of the molecule is CCCCCCC(/C=C/C=C\C=O)OC(=O)c1ccccc1. The molecule has 118 valence electrons. The molecule has 0 spiro atoms. The topological polar surface area (TPSA) is 43.4 Å². The molecule has 3 heteroatoms. The standard InChI is InChI=1S/C19H24O3/c1-2-3-4-9-14-18(15-10-6-11-16-20)22-19(21)17-12-7-5-8-13-17/h5-8,10-13,15-16,18H,2-4,9,14H2,1H3/b11-6-,15-10+. The van der Waals surface area contributed by atoms with E-state index in [0.29, 0.717) is 5.56 Å².